The molecule has 0 aliphatic heterocycles. The average molecular weight is 221 g/mol. The zero-order valence-electron chi connectivity index (χ0n) is 6.13. The van der Waals surface area contributed by atoms with Crippen LogP contribution < -0.4 is 0 Å². The summed E-state index contributed by atoms with van der Waals surface area (Å²) in [4.78, 5) is 7.91. The normalized spacial score (nSPS) is 9.83. The number of thioether (sulfide) groups is 1. The summed E-state index contributed by atoms with van der Waals surface area (Å²) in [7, 11) is 0. The molecule has 0 aliphatic rings. The van der Waals surface area contributed by atoms with Crippen molar-refractivity contribution >= 4 is 35.0 Å². The fourth-order valence-corrected chi connectivity index (χ4v) is 1.68. The summed E-state index contributed by atoms with van der Waals surface area (Å²) < 4.78 is 0. The van der Waals surface area contributed by atoms with Crippen LogP contribution in [0.25, 0.3) is 0 Å². The molecule has 0 spiro atoms. The van der Waals surface area contributed by atoms with E-state index in [1.54, 1.807) is 6.08 Å². The lowest BCUT2D eigenvalue weighted by Gasteiger charge is -1.97. The topological polar surface area (TPSA) is 25.8 Å². The predicted molar refractivity (Wildman–Crippen MR) is 53.0 cm³/mol. The van der Waals surface area contributed by atoms with E-state index in [1.165, 1.54) is 17.8 Å². The van der Waals surface area contributed by atoms with Gasteiger partial charge in [-0.2, -0.15) is 0 Å². The molecule has 0 radical (unpaired) electrons. The molecule has 1 rings (SSSR count). The fraction of sp³-hybridized carbons (Fsp3) is 0.143. The van der Waals surface area contributed by atoms with Crippen LogP contribution in [0.1, 0.15) is 0 Å². The Hall–Kier alpha value is -0.250. The van der Waals surface area contributed by atoms with E-state index < -0.39 is 0 Å². The van der Waals surface area contributed by atoms with Crippen molar-refractivity contribution in [1.29, 1.82) is 0 Å². The smallest absolute Gasteiger partial charge is 0.190 e. The van der Waals surface area contributed by atoms with Crippen molar-refractivity contribution in [1.82, 2.24) is 9.97 Å². The van der Waals surface area contributed by atoms with E-state index in [9.17, 15) is 0 Å². The van der Waals surface area contributed by atoms with Gasteiger partial charge in [-0.3, -0.25) is 0 Å². The zero-order chi connectivity index (χ0) is 8.97. The second kappa shape index (κ2) is 4.70. The molecule has 0 atom stereocenters. The second-order valence-corrected chi connectivity index (χ2v) is 3.66. The molecule has 0 unspecified atom stereocenters. The minimum atomic E-state index is 0.363. The monoisotopic (exact) mass is 220 g/mol. The summed E-state index contributed by atoms with van der Waals surface area (Å²) in [6, 6.07) is 1.50. The molecule has 1 heterocycles. The third-order valence-corrected chi connectivity index (χ3v) is 2.20. The van der Waals surface area contributed by atoms with Crippen molar-refractivity contribution in [3.8, 4) is 0 Å². The van der Waals surface area contributed by atoms with Crippen LogP contribution in [0.5, 0.6) is 0 Å². The van der Waals surface area contributed by atoms with Gasteiger partial charge in [-0.1, -0.05) is 41.0 Å². The van der Waals surface area contributed by atoms with E-state index in [1.807, 2.05) is 0 Å². The van der Waals surface area contributed by atoms with Crippen LogP contribution in [0.4, 0.5) is 0 Å². The molecular formula is C7H6Cl2N2S. The van der Waals surface area contributed by atoms with E-state index in [0.717, 1.165) is 5.75 Å². The molecule has 2 nitrogen and oxygen atoms in total. The standard InChI is InChI=1S/C7H6Cl2N2S/c1-2-3-12-7-10-5(8)4-6(9)11-7/h2,4H,1,3H2. The van der Waals surface area contributed by atoms with Crippen LogP contribution in [0.15, 0.2) is 23.9 Å². The largest absolute Gasteiger partial charge is 0.211 e. The Kier molecular flexibility index (Phi) is 3.85. The van der Waals surface area contributed by atoms with Gasteiger partial charge in [-0.25, -0.2) is 9.97 Å². The molecule has 0 bridgehead atoms. The molecule has 12 heavy (non-hydrogen) atoms. The highest BCUT2D eigenvalue weighted by Gasteiger charge is 2.00. The van der Waals surface area contributed by atoms with Crippen molar-refractivity contribution in [2.45, 2.75) is 5.16 Å². The zero-order valence-corrected chi connectivity index (χ0v) is 8.46. The molecule has 0 aliphatic carbocycles. The first-order valence-corrected chi connectivity index (χ1v) is 4.90. The highest BCUT2D eigenvalue weighted by atomic mass is 35.5. The summed E-state index contributed by atoms with van der Waals surface area (Å²) in [5.41, 5.74) is 0. The van der Waals surface area contributed by atoms with E-state index in [4.69, 9.17) is 23.2 Å². The van der Waals surface area contributed by atoms with Crippen molar-refractivity contribution in [3.63, 3.8) is 0 Å². The van der Waals surface area contributed by atoms with Gasteiger partial charge in [-0.15, -0.1) is 6.58 Å². The first-order valence-electron chi connectivity index (χ1n) is 3.16. The molecular weight excluding hydrogens is 215 g/mol. The molecule has 0 saturated heterocycles. The predicted octanol–water partition coefficient (Wildman–Crippen LogP) is 3.06. The van der Waals surface area contributed by atoms with Gasteiger partial charge < -0.3 is 0 Å². The third kappa shape index (κ3) is 3.01. The van der Waals surface area contributed by atoms with E-state index in [-0.39, 0.29) is 0 Å². The number of rotatable bonds is 3. The maximum absolute atomic E-state index is 5.65. The van der Waals surface area contributed by atoms with Gasteiger partial charge in [0.2, 0.25) is 0 Å². The number of halogens is 2. The molecule has 64 valence electrons. The van der Waals surface area contributed by atoms with Crippen LogP contribution in [0.2, 0.25) is 10.3 Å². The van der Waals surface area contributed by atoms with Gasteiger partial charge in [0, 0.05) is 11.8 Å². The van der Waals surface area contributed by atoms with Gasteiger partial charge in [0.15, 0.2) is 5.16 Å². The van der Waals surface area contributed by atoms with Crippen LogP contribution in [0.3, 0.4) is 0 Å². The Morgan fingerprint density at radius 1 is 1.42 bits per heavy atom. The maximum atomic E-state index is 5.65. The second-order valence-electron chi connectivity index (χ2n) is 1.90. The highest BCUT2D eigenvalue weighted by Crippen LogP contribution is 2.18. The van der Waals surface area contributed by atoms with Crippen molar-refractivity contribution in [3.05, 3.63) is 29.0 Å². The van der Waals surface area contributed by atoms with Gasteiger partial charge in [-0.05, 0) is 0 Å². The molecule has 5 heteroatoms. The Bertz CT molecular complexity index is 270. The Balaban J connectivity index is 2.78. The Labute approximate surface area is 85.0 Å². The van der Waals surface area contributed by atoms with Crippen molar-refractivity contribution in [2.75, 3.05) is 5.75 Å². The molecule has 0 aromatic carbocycles. The van der Waals surface area contributed by atoms with Gasteiger partial charge in [0.05, 0.1) is 0 Å². The van der Waals surface area contributed by atoms with E-state index >= 15 is 0 Å². The summed E-state index contributed by atoms with van der Waals surface area (Å²) in [5.74, 6) is 0.747. The number of hydrogen-bond acceptors (Lipinski definition) is 3. The quantitative estimate of drug-likeness (QED) is 0.339. The maximum Gasteiger partial charge on any atom is 0.190 e. The summed E-state index contributed by atoms with van der Waals surface area (Å²) >= 11 is 12.7. The summed E-state index contributed by atoms with van der Waals surface area (Å²) in [6.45, 7) is 3.58. The summed E-state index contributed by atoms with van der Waals surface area (Å²) in [6.07, 6.45) is 1.77. The Morgan fingerprint density at radius 2 is 2.00 bits per heavy atom. The lowest BCUT2D eigenvalue weighted by atomic mass is 10.7. The van der Waals surface area contributed by atoms with Gasteiger partial charge in [0.25, 0.3) is 0 Å². The fourth-order valence-electron chi connectivity index (χ4n) is 0.569. The molecule has 0 fully saturated rings. The number of hydrogen-bond donors (Lipinski definition) is 0. The Morgan fingerprint density at radius 3 is 2.50 bits per heavy atom. The lowest BCUT2D eigenvalue weighted by Crippen LogP contribution is -1.87. The van der Waals surface area contributed by atoms with E-state index in [0.29, 0.717) is 15.5 Å². The SMILES string of the molecule is C=CCSc1nc(Cl)cc(Cl)n1. The number of nitrogens with zero attached hydrogens (tertiary/aromatic N) is 2. The third-order valence-electron chi connectivity index (χ3n) is 0.973. The molecule has 0 saturated carbocycles. The first-order chi connectivity index (χ1) is 5.72. The van der Waals surface area contributed by atoms with Crippen LogP contribution in [-0.4, -0.2) is 15.7 Å². The minimum absolute atomic E-state index is 0.363. The minimum Gasteiger partial charge on any atom is -0.211 e. The first kappa shape index (κ1) is 9.84. The number of aromatic nitrogens is 2. The van der Waals surface area contributed by atoms with Crippen molar-refractivity contribution < 1.29 is 0 Å². The van der Waals surface area contributed by atoms with E-state index in [2.05, 4.69) is 16.5 Å². The molecule has 0 amide bonds. The van der Waals surface area contributed by atoms with Crippen LogP contribution >= 0.6 is 35.0 Å². The molecule has 0 N–H and O–H groups in total. The van der Waals surface area contributed by atoms with Gasteiger partial charge in [0.1, 0.15) is 10.3 Å². The van der Waals surface area contributed by atoms with Crippen LogP contribution in [0, 0.1) is 0 Å². The summed E-state index contributed by atoms with van der Waals surface area (Å²) in [5, 5.41) is 1.30. The lowest BCUT2D eigenvalue weighted by molar-refractivity contribution is 0.970. The van der Waals surface area contributed by atoms with Gasteiger partial charge >= 0.3 is 0 Å². The van der Waals surface area contributed by atoms with Crippen LogP contribution in [-0.2, 0) is 0 Å². The average Bonchev–Trinajstić information content (AvgIpc) is 1.99. The highest BCUT2D eigenvalue weighted by molar-refractivity contribution is 7.99. The molecule has 1 aromatic heterocycles. The molecule has 1 aromatic rings. The van der Waals surface area contributed by atoms with Crippen molar-refractivity contribution in [2.24, 2.45) is 0 Å².